The molecule has 0 saturated carbocycles. The second kappa shape index (κ2) is 8.24. The zero-order valence-corrected chi connectivity index (χ0v) is 17.3. The van der Waals surface area contributed by atoms with Gasteiger partial charge in [0.25, 0.3) is 0 Å². The molecule has 2 aromatic rings. The van der Waals surface area contributed by atoms with Gasteiger partial charge >= 0.3 is 12.0 Å². The first-order valence-corrected chi connectivity index (χ1v) is 10.1. The second-order valence-corrected chi connectivity index (χ2v) is 7.82. The minimum atomic E-state index is -1.08. The number of nitrogens with one attached hydrogen (secondary N) is 1. The van der Waals surface area contributed by atoms with Crippen molar-refractivity contribution in [1.82, 2.24) is 5.01 Å². The number of methoxy groups -OCH3 is 1. The monoisotopic (exact) mass is 417 g/mol. The Hall–Kier alpha value is -2.51. The van der Waals surface area contributed by atoms with Crippen LogP contribution in [0.15, 0.2) is 58.5 Å². The third-order valence-corrected chi connectivity index (χ3v) is 5.50. The fourth-order valence-electron chi connectivity index (χ4n) is 3.02. The van der Waals surface area contributed by atoms with Gasteiger partial charge in [-0.1, -0.05) is 29.8 Å². The quantitative estimate of drug-likeness (QED) is 0.587. The number of anilines is 1. The maximum Gasteiger partial charge on any atom is 0.342 e. The van der Waals surface area contributed by atoms with Crippen molar-refractivity contribution in [3.05, 3.63) is 59.1 Å². The van der Waals surface area contributed by atoms with Crippen molar-refractivity contribution in [3.63, 3.8) is 0 Å². The summed E-state index contributed by atoms with van der Waals surface area (Å²) in [7, 11) is 1.32. The number of halogens is 1. The molecule has 1 unspecified atom stereocenters. The van der Waals surface area contributed by atoms with Crippen molar-refractivity contribution in [2.24, 2.45) is 10.5 Å². The molecule has 2 amide bonds. The molecule has 146 valence electrons. The summed E-state index contributed by atoms with van der Waals surface area (Å²) < 4.78 is 4.98. The fraction of sp³-hybridized carbons (Fsp3) is 0.250. The minimum Gasteiger partial charge on any atom is -0.468 e. The molecule has 6 nitrogen and oxygen atoms in total. The SMILES string of the molecule is COC(=O)C1(C)CN(C(=O)Nc2cccc(SC)c2)N=C1c1ccc(Cl)cc1. The Labute approximate surface area is 172 Å². The third kappa shape index (κ3) is 4.00. The van der Waals surface area contributed by atoms with Crippen molar-refractivity contribution in [1.29, 1.82) is 0 Å². The zero-order chi connectivity index (χ0) is 20.3. The summed E-state index contributed by atoms with van der Waals surface area (Å²) in [5.74, 6) is -0.458. The average Bonchev–Trinajstić information content (AvgIpc) is 3.07. The second-order valence-electron chi connectivity index (χ2n) is 6.50. The zero-order valence-electron chi connectivity index (χ0n) is 15.7. The lowest BCUT2D eigenvalue weighted by Gasteiger charge is -2.23. The molecule has 8 heteroatoms. The van der Waals surface area contributed by atoms with Crippen LogP contribution in [-0.4, -0.2) is 42.6 Å². The van der Waals surface area contributed by atoms with Gasteiger partial charge in [0, 0.05) is 15.6 Å². The molecule has 0 spiro atoms. The number of nitrogens with zero attached hydrogens (tertiary/aromatic N) is 2. The number of ether oxygens (including phenoxy) is 1. The van der Waals surface area contributed by atoms with Crippen LogP contribution in [0.1, 0.15) is 12.5 Å². The van der Waals surface area contributed by atoms with Gasteiger partial charge in [-0.3, -0.25) is 4.79 Å². The van der Waals surface area contributed by atoms with Crippen molar-refractivity contribution in [3.8, 4) is 0 Å². The number of esters is 1. The molecule has 0 aromatic heterocycles. The number of urea groups is 1. The van der Waals surface area contributed by atoms with Gasteiger partial charge in [0.05, 0.1) is 19.4 Å². The molecule has 0 saturated heterocycles. The lowest BCUT2D eigenvalue weighted by Crippen LogP contribution is -2.42. The largest absolute Gasteiger partial charge is 0.468 e. The lowest BCUT2D eigenvalue weighted by molar-refractivity contribution is -0.147. The van der Waals surface area contributed by atoms with Crippen LogP contribution < -0.4 is 5.32 Å². The fourth-order valence-corrected chi connectivity index (χ4v) is 3.60. The van der Waals surface area contributed by atoms with Crippen LogP contribution in [0.4, 0.5) is 10.5 Å². The van der Waals surface area contributed by atoms with E-state index in [4.69, 9.17) is 16.3 Å². The van der Waals surface area contributed by atoms with Gasteiger partial charge in [0.2, 0.25) is 0 Å². The Morgan fingerprint density at radius 3 is 2.61 bits per heavy atom. The van der Waals surface area contributed by atoms with Gasteiger partial charge in [-0.2, -0.15) is 5.10 Å². The number of thioether (sulfide) groups is 1. The van der Waals surface area contributed by atoms with Gasteiger partial charge in [-0.15, -0.1) is 11.8 Å². The van der Waals surface area contributed by atoms with E-state index in [1.165, 1.54) is 12.1 Å². The highest BCUT2D eigenvalue weighted by Crippen LogP contribution is 2.33. The summed E-state index contributed by atoms with van der Waals surface area (Å²) in [6, 6.07) is 14.1. The molecule has 1 atom stereocenters. The summed E-state index contributed by atoms with van der Waals surface area (Å²) in [6.45, 7) is 1.79. The van der Waals surface area contributed by atoms with Gasteiger partial charge in [0.1, 0.15) is 5.41 Å². The third-order valence-electron chi connectivity index (χ3n) is 4.52. The number of hydrazone groups is 1. The van der Waals surface area contributed by atoms with Crippen LogP contribution in [0.2, 0.25) is 5.02 Å². The van der Waals surface area contributed by atoms with Gasteiger partial charge < -0.3 is 10.1 Å². The summed E-state index contributed by atoms with van der Waals surface area (Å²) in [5.41, 5.74) is 0.744. The highest BCUT2D eigenvalue weighted by atomic mass is 35.5. The van der Waals surface area contributed by atoms with E-state index < -0.39 is 17.4 Å². The van der Waals surface area contributed by atoms with Crippen LogP contribution in [0.25, 0.3) is 0 Å². The van der Waals surface area contributed by atoms with E-state index in [0.29, 0.717) is 22.0 Å². The molecule has 1 N–H and O–H groups in total. The molecular formula is C20H20ClN3O3S. The van der Waals surface area contributed by atoms with E-state index in [1.54, 1.807) is 49.0 Å². The van der Waals surface area contributed by atoms with Crippen LogP contribution in [0.3, 0.4) is 0 Å². The smallest absolute Gasteiger partial charge is 0.342 e. The number of benzene rings is 2. The predicted octanol–water partition coefficient (Wildman–Crippen LogP) is 4.49. The topological polar surface area (TPSA) is 71.0 Å². The summed E-state index contributed by atoms with van der Waals surface area (Å²) >= 11 is 7.55. The van der Waals surface area contributed by atoms with Crippen LogP contribution in [0, 0.1) is 5.41 Å². The first-order chi connectivity index (χ1) is 13.4. The number of carbonyl (C=O) groups excluding carboxylic acids is 2. The molecule has 0 aliphatic carbocycles. The van der Waals surface area contributed by atoms with E-state index in [0.717, 1.165) is 4.90 Å². The van der Waals surface area contributed by atoms with Gasteiger partial charge in [0.15, 0.2) is 0 Å². The van der Waals surface area contributed by atoms with Gasteiger partial charge in [-0.05, 0) is 49.1 Å². The Morgan fingerprint density at radius 1 is 1.25 bits per heavy atom. The number of amides is 2. The molecule has 1 heterocycles. The van der Waals surface area contributed by atoms with Crippen molar-refractivity contribution >= 4 is 46.8 Å². The number of hydrogen-bond acceptors (Lipinski definition) is 5. The molecule has 28 heavy (non-hydrogen) atoms. The Bertz CT molecular complexity index is 933. The number of rotatable bonds is 4. The Balaban J connectivity index is 1.90. The van der Waals surface area contributed by atoms with Crippen LogP contribution >= 0.6 is 23.4 Å². The molecule has 1 aliphatic heterocycles. The average molecular weight is 418 g/mol. The normalized spacial score (nSPS) is 18.6. The minimum absolute atomic E-state index is 0.0751. The van der Waals surface area contributed by atoms with E-state index in [9.17, 15) is 9.59 Å². The highest BCUT2D eigenvalue weighted by molar-refractivity contribution is 7.98. The summed E-state index contributed by atoms with van der Waals surface area (Å²) in [5, 5.41) is 9.10. The van der Waals surface area contributed by atoms with Gasteiger partial charge in [-0.25, -0.2) is 9.80 Å². The van der Waals surface area contributed by atoms with E-state index in [2.05, 4.69) is 10.4 Å². The Kier molecular flexibility index (Phi) is 5.96. The van der Waals surface area contributed by atoms with E-state index in [-0.39, 0.29) is 6.54 Å². The highest BCUT2D eigenvalue weighted by Gasteiger charge is 2.48. The van der Waals surface area contributed by atoms with Crippen LogP contribution in [-0.2, 0) is 9.53 Å². The van der Waals surface area contributed by atoms with Crippen LogP contribution in [0.5, 0.6) is 0 Å². The molecule has 0 radical (unpaired) electrons. The molecule has 0 bridgehead atoms. The molecule has 3 rings (SSSR count). The summed E-state index contributed by atoms with van der Waals surface area (Å²) in [6.07, 6.45) is 1.96. The number of hydrogen-bond donors (Lipinski definition) is 1. The maximum absolute atomic E-state index is 12.8. The predicted molar refractivity (Wildman–Crippen MR) is 112 cm³/mol. The molecule has 0 fully saturated rings. The molecule has 2 aromatic carbocycles. The maximum atomic E-state index is 12.8. The van der Waals surface area contributed by atoms with Crippen molar-refractivity contribution in [2.45, 2.75) is 11.8 Å². The molecule has 1 aliphatic rings. The number of carbonyl (C=O) groups is 2. The Morgan fingerprint density at radius 2 is 1.96 bits per heavy atom. The lowest BCUT2D eigenvalue weighted by atomic mass is 9.82. The van der Waals surface area contributed by atoms with E-state index >= 15 is 0 Å². The molecular weight excluding hydrogens is 398 g/mol. The first-order valence-electron chi connectivity index (χ1n) is 8.53. The summed E-state index contributed by atoms with van der Waals surface area (Å²) in [4.78, 5) is 26.3. The van der Waals surface area contributed by atoms with Crippen molar-refractivity contribution < 1.29 is 14.3 Å². The first kappa shape index (κ1) is 20.2. The standard InChI is InChI=1S/C20H20ClN3O3S/c1-20(18(25)27-2)12-24(23-17(20)13-7-9-14(21)10-8-13)19(26)22-15-5-4-6-16(11-15)28-3/h4-11H,12H2,1-3H3,(H,22,26). The van der Waals surface area contributed by atoms with E-state index in [1.807, 2.05) is 24.5 Å². The van der Waals surface area contributed by atoms with Crippen molar-refractivity contribution in [2.75, 3.05) is 25.2 Å².